The van der Waals surface area contributed by atoms with Gasteiger partial charge in [-0.3, -0.25) is 4.79 Å². The minimum atomic E-state index is 0.223. The lowest BCUT2D eigenvalue weighted by atomic mass is 10.00. The number of likely N-dealkylation sites (tertiary alicyclic amines) is 1. The Morgan fingerprint density at radius 2 is 1.38 bits per heavy atom. The quantitative estimate of drug-likeness (QED) is 0.357. The monoisotopic (exact) mass is 474 g/mol. The minimum absolute atomic E-state index is 0.223. The van der Waals surface area contributed by atoms with E-state index in [-0.39, 0.29) is 5.91 Å². The summed E-state index contributed by atoms with van der Waals surface area (Å²) in [5, 5.41) is 0.705. The van der Waals surface area contributed by atoms with Crippen LogP contribution in [0.2, 0.25) is 5.02 Å². The van der Waals surface area contributed by atoms with E-state index < -0.39 is 0 Å². The molecule has 0 aromatic heterocycles. The fraction of sp³-hybridized carbons (Fsp3) is 0.367. The van der Waals surface area contributed by atoms with Crippen molar-refractivity contribution in [3.63, 3.8) is 0 Å². The number of rotatable bonds is 10. The molecule has 0 radical (unpaired) electrons. The van der Waals surface area contributed by atoms with Crippen molar-refractivity contribution in [1.29, 1.82) is 0 Å². The highest BCUT2D eigenvalue weighted by atomic mass is 35.5. The van der Waals surface area contributed by atoms with Gasteiger partial charge in [0.15, 0.2) is 0 Å². The Morgan fingerprint density at radius 3 is 2.00 bits per heavy atom. The molecule has 3 aromatic carbocycles. The summed E-state index contributed by atoms with van der Waals surface area (Å²) in [6, 6.07) is 29.2. The highest BCUT2D eigenvalue weighted by molar-refractivity contribution is 6.30. The van der Waals surface area contributed by atoms with Crippen LogP contribution in [0.25, 0.3) is 0 Å². The van der Waals surface area contributed by atoms with E-state index in [1.54, 1.807) is 0 Å². The van der Waals surface area contributed by atoms with Crippen molar-refractivity contribution in [2.45, 2.75) is 44.6 Å². The van der Waals surface area contributed by atoms with E-state index in [2.05, 4.69) is 64.4 Å². The van der Waals surface area contributed by atoms with Crippen LogP contribution < -0.4 is 0 Å². The highest BCUT2D eigenvalue weighted by Crippen LogP contribution is 2.20. The summed E-state index contributed by atoms with van der Waals surface area (Å²) >= 11 is 6.03. The first-order valence-corrected chi connectivity index (χ1v) is 12.9. The molecule has 1 aliphatic heterocycles. The van der Waals surface area contributed by atoms with Gasteiger partial charge < -0.3 is 9.80 Å². The molecule has 0 N–H and O–H groups in total. The van der Waals surface area contributed by atoms with Crippen LogP contribution in [-0.2, 0) is 24.1 Å². The number of piperidine rings is 1. The van der Waals surface area contributed by atoms with Crippen molar-refractivity contribution in [3.05, 3.63) is 107 Å². The maximum Gasteiger partial charge on any atom is 0.227 e. The SMILES string of the molecule is O=C(Cc1ccc(Cl)cc1)N(CCc1ccccc1)C1CCN(CCCc2ccccc2)CC1. The third-order valence-electron chi connectivity index (χ3n) is 6.85. The summed E-state index contributed by atoms with van der Waals surface area (Å²) in [5.41, 5.74) is 3.72. The largest absolute Gasteiger partial charge is 0.339 e. The van der Waals surface area contributed by atoms with Crippen LogP contribution in [0, 0.1) is 0 Å². The molecule has 1 amide bonds. The number of hydrogen-bond donors (Lipinski definition) is 0. The Balaban J connectivity index is 1.32. The van der Waals surface area contributed by atoms with Gasteiger partial charge in [0, 0.05) is 30.7 Å². The van der Waals surface area contributed by atoms with Gasteiger partial charge in [-0.15, -0.1) is 0 Å². The molecule has 0 bridgehead atoms. The Kier molecular flexibility index (Phi) is 9.18. The molecule has 0 unspecified atom stereocenters. The second-order valence-corrected chi connectivity index (χ2v) is 9.72. The van der Waals surface area contributed by atoms with Crippen molar-refractivity contribution >= 4 is 17.5 Å². The molecule has 4 rings (SSSR count). The molecule has 1 saturated heterocycles. The smallest absolute Gasteiger partial charge is 0.227 e. The number of carbonyl (C=O) groups excluding carboxylic acids is 1. The zero-order valence-electron chi connectivity index (χ0n) is 19.9. The first-order valence-electron chi connectivity index (χ1n) is 12.5. The maximum absolute atomic E-state index is 13.4. The normalized spacial score (nSPS) is 14.7. The van der Waals surface area contributed by atoms with Crippen LogP contribution in [0.5, 0.6) is 0 Å². The minimum Gasteiger partial charge on any atom is -0.339 e. The number of halogens is 1. The van der Waals surface area contributed by atoms with E-state index in [1.807, 2.05) is 30.3 Å². The van der Waals surface area contributed by atoms with Crippen molar-refractivity contribution in [2.24, 2.45) is 0 Å². The topological polar surface area (TPSA) is 23.6 Å². The number of aryl methyl sites for hydroxylation is 1. The lowest BCUT2D eigenvalue weighted by Gasteiger charge is -2.39. The Hall–Kier alpha value is -2.62. The lowest BCUT2D eigenvalue weighted by Crippen LogP contribution is -2.48. The first kappa shape index (κ1) is 24.5. The fourth-order valence-electron chi connectivity index (χ4n) is 4.89. The predicted molar refractivity (Wildman–Crippen MR) is 141 cm³/mol. The molecular weight excluding hydrogens is 440 g/mol. The van der Waals surface area contributed by atoms with Gasteiger partial charge in [-0.05, 0) is 67.5 Å². The fourth-order valence-corrected chi connectivity index (χ4v) is 5.02. The van der Waals surface area contributed by atoms with Gasteiger partial charge in [-0.25, -0.2) is 0 Å². The molecule has 3 nitrogen and oxygen atoms in total. The van der Waals surface area contributed by atoms with Crippen molar-refractivity contribution < 1.29 is 4.79 Å². The third kappa shape index (κ3) is 7.44. The van der Waals surface area contributed by atoms with Gasteiger partial charge in [0.1, 0.15) is 0 Å². The zero-order chi connectivity index (χ0) is 23.6. The lowest BCUT2D eigenvalue weighted by molar-refractivity contribution is -0.133. The van der Waals surface area contributed by atoms with Gasteiger partial charge in [-0.2, -0.15) is 0 Å². The molecule has 1 aliphatic rings. The van der Waals surface area contributed by atoms with Crippen molar-refractivity contribution in [3.8, 4) is 0 Å². The molecule has 0 aliphatic carbocycles. The van der Waals surface area contributed by atoms with Crippen molar-refractivity contribution in [1.82, 2.24) is 9.80 Å². The van der Waals surface area contributed by atoms with Gasteiger partial charge >= 0.3 is 0 Å². The Labute approximate surface area is 209 Å². The molecule has 0 spiro atoms. The van der Waals surface area contributed by atoms with Gasteiger partial charge in [0.05, 0.1) is 6.42 Å². The van der Waals surface area contributed by atoms with E-state index in [0.717, 1.165) is 57.4 Å². The molecule has 34 heavy (non-hydrogen) atoms. The van der Waals surface area contributed by atoms with Crippen LogP contribution in [-0.4, -0.2) is 47.9 Å². The predicted octanol–water partition coefficient (Wildman–Crippen LogP) is 6.05. The summed E-state index contributed by atoms with van der Waals surface area (Å²) in [6.45, 7) is 4.03. The van der Waals surface area contributed by atoms with Crippen LogP contribution >= 0.6 is 11.6 Å². The van der Waals surface area contributed by atoms with Gasteiger partial charge in [-0.1, -0.05) is 84.4 Å². The van der Waals surface area contributed by atoms with Crippen molar-refractivity contribution in [2.75, 3.05) is 26.2 Å². The second-order valence-electron chi connectivity index (χ2n) is 9.29. The van der Waals surface area contributed by atoms with Crippen LogP contribution in [0.1, 0.15) is 36.0 Å². The van der Waals surface area contributed by atoms with Crippen LogP contribution in [0.3, 0.4) is 0 Å². The average Bonchev–Trinajstić information content (AvgIpc) is 2.88. The molecule has 1 fully saturated rings. The molecule has 4 heteroatoms. The number of carbonyl (C=O) groups is 1. The third-order valence-corrected chi connectivity index (χ3v) is 7.11. The second kappa shape index (κ2) is 12.7. The molecule has 0 atom stereocenters. The summed E-state index contributed by atoms with van der Waals surface area (Å²) in [6.07, 6.45) is 5.73. The molecule has 0 saturated carbocycles. The van der Waals surface area contributed by atoms with Crippen LogP contribution in [0.15, 0.2) is 84.9 Å². The maximum atomic E-state index is 13.4. The Bertz CT molecular complexity index is 999. The number of nitrogens with zero attached hydrogens (tertiary/aromatic N) is 2. The standard InChI is InChI=1S/C30H35ClN2O/c31-28-15-13-27(14-16-28)24-30(34)33(23-17-26-10-5-2-6-11-26)29-18-21-32(22-19-29)20-7-12-25-8-3-1-4-9-25/h1-6,8-11,13-16,29H,7,12,17-24H2. The van der Waals surface area contributed by atoms with E-state index in [4.69, 9.17) is 11.6 Å². The zero-order valence-corrected chi connectivity index (χ0v) is 20.7. The highest BCUT2D eigenvalue weighted by Gasteiger charge is 2.27. The average molecular weight is 475 g/mol. The number of benzene rings is 3. The van der Waals surface area contributed by atoms with E-state index in [1.165, 1.54) is 17.5 Å². The molecule has 1 heterocycles. The van der Waals surface area contributed by atoms with E-state index in [0.29, 0.717) is 17.5 Å². The number of amides is 1. The summed E-state index contributed by atoms with van der Waals surface area (Å²) < 4.78 is 0. The number of hydrogen-bond acceptors (Lipinski definition) is 2. The summed E-state index contributed by atoms with van der Waals surface area (Å²) in [4.78, 5) is 18.1. The molecule has 178 valence electrons. The van der Waals surface area contributed by atoms with Gasteiger partial charge in [0.2, 0.25) is 5.91 Å². The summed E-state index contributed by atoms with van der Waals surface area (Å²) in [7, 11) is 0. The van der Waals surface area contributed by atoms with E-state index in [9.17, 15) is 4.79 Å². The van der Waals surface area contributed by atoms with E-state index >= 15 is 0 Å². The summed E-state index contributed by atoms with van der Waals surface area (Å²) in [5.74, 6) is 0.223. The molecule has 3 aromatic rings. The van der Waals surface area contributed by atoms with Crippen LogP contribution in [0.4, 0.5) is 0 Å². The molecular formula is C30H35ClN2O. The Morgan fingerprint density at radius 1 is 0.794 bits per heavy atom. The first-order chi connectivity index (χ1) is 16.7. The van der Waals surface area contributed by atoms with Gasteiger partial charge in [0.25, 0.3) is 0 Å².